The van der Waals surface area contributed by atoms with Crippen LogP contribution in [0.1, 0.15) is 30.1 Å². The highest BCUT2D eigenvalue weighted by Gasteiger charge is 2.07. The second-order valence-electron chi connectivity index (χ2n) is 4.43. The summed E-state index contributed by atoms with van der Waals surface area (Å²) in [5.41, 5.74) is 0.538. The van der Waals surface area contributed by atoms with Gasteiger partial charge in [0.05, 0.1) is 12.2 Å². The van der Waals surface area contributed by atoms with E-state index in [0.29, 0.717) is 17.9 Å². The minimum atomic E-state index is -0.356. The summed E-state index contributed by atoms with van der Waals surface area (Å²) >= 11 is 0. The first kappa shape index (κ1) is 14.1. The average Bonchev–Trinajstić information content (AvgIpc) is 2.50. The van der Waals surface area contributed by atoms with Gasteiger partial charge in [-0.15, -0.1) is 0 Å². The van der Waals surface area contributed by atoms with Gasteiger partial charge in [-0.3, -0.25) is 0 Å². The lowest BCUT2D eigenvalue weighted by molar-refractivity contribution is 0.0734. The third kappa shape index (κ3) is 4.12. The van der Waals surface area contributed by atoms with E-state index in [9.17, 15) is 4.79 Å². The summed E-state index contributed by atoms with van der Waals surface area (Å²) in [5, 5.41) is 0. The minimum Gasteiger partial charge on any atom is -0.494 e. The molecule has 0 heterocycles. The van der Waals surface area contributed by atoms with Gasteiger partial charge in [-0.05, 0) is 42.8 Å². The Balaban J connectivity index is 1.92. The summed E-state index contributed by atoms with van der Waals surface area (Å²) in [5.74, 6) is 0.949. The van der Waals surface area contributed by atoms with Crippen molar-refractivity contribution < 1.29 is 14.3 Å². The zero-order valence-corrected chi connectivity index (χ0v) is 11.5. The maximum atomic E-state index is 11.9. The molecular weight excluding hydrogens is 252 g/mol. The van der Waals surface area contributed by atoms with Gasteiger partial charge in [-0.1, -0.05) is 31.5 Å². The first-order chi connectivity index (χ1) is 9.79. The van der Waals surface area contributed by atoms with Gasteiger partial charge < -0.3 is 9.47 Å². The Morgan fingerprint density at radius 3 is 2.25 bits per heavy atom. The number of unbranched alkanes of at least 4 members (excludes halogenated alkanes) is 1. The van der Waals surface area contributed by atoms with Crippen LogP contribution in [0.4, 0.5) is 0 Å². The maximum absolute atomic E-state index is 11.9. The van der Waals surface area contributed by atoms with E-state index in [2.05, 4.69) is 6.92 Å². The number of rotatable bonds is 6. The van der Waals surface area contributed by atoms with Crippen LogP contribution in [0.5, 0.6) is 11.5 Å². The van der Waals surface area contributed by atoms with Crippen molar-refractivity contribution in [3.05, 3.63) is 60.2 Å². The molecule has 0 radical (unpaired) electrons. The predicted octanol–water partition coefficient (Wildman–Crippen LogP) is 4.08. The van der Waals surface area contributed by atoms with Crippen molar-refractivity contribution in [3.8, 4) is 11.5 Å². The zero-order valence-electron chi connectivity index (χ0n) is 11.5. The first-order valence-electron chi connectivity index (χ1n) is 6.79. The quantitative estimate of drug-likeness (QED) is 0.450. The van der Waals surface area contributed by atoms with Crippen molar-refractivity contribution >= 4 is 5.97 Å². The molecule has 3 heteroatoms. The molecule has 2 rings (SSSR count). The highest BCUT2D eigenvalue weighted by molar-refractivity contribution is 5.90. The summed E-state index contributed by atoms with van der Waals surface area (Å²) in [6.07, 6.45) is 2.14. The second-order valence-corrected chi connectivity index (χ2v) is 4.43. The Labute approximate surface area is 119 Å². The molecule has 0 saturated heterocycles. The van der Waals surface area contributed by atoms with E-state index in [1.165, 1.54) is 0 Å². The molecule has 0 fully saturated rings. The van der Waals surface area contributed by atoms with Crippen molar-refractivity contribution in [2.24, 2.45) is 0 Å². The molecule has 0 saturated carbocycles. The Kier molecular flexibility index (Phi) is 5.18. The smallest absolute Gasteiger partial charge is 0.343 e. The lowest BCUT2D eigenvalue weighted by Crippen LogP contribution is -2.08. The van der Waals surface area contributed by atoms with E-state index in [1.54, 1.807) is 36.4 Å². The molecule has 20 heavy (non-hydrogen) atoms. The molecule has 0 bridgehead atoms. The van der Waals surface area contributed by atoms with Crippen molar-refractivity contribution in [1.82, 2.24) is 0 Å². The fourth-order valence-corrected chi connectivity index (χ4v) is 1.68. The van der Waals surface area contributed by atoms with Gasteiger partial charge in [0.15, 0.2) is 0 Å². The Hall–Kier alpha value is -2.29. The van der Waals surface area contributed by atoms with Crippen LogP contribution in [-0.2, 0) is 0 Å². The summed E-state index contributed by atoms with van der Waals surface area (Å²) in [6.45, 7) is 2.83. The Morgan fingerprint density at radius 2 is 1.60 bits per heavy atom. The van der Waals surface area contributed by atoms with Gasteiger partial charge in [0, 0.05) is 0 Å². The minimum absolute atomic E-state index is 0.356. The van der Waals surface area contributed by atoms with Crippen LogP contribution in [0.3, 0.4) is 0 Å². The van der Waals surface area contributed by atoms with Gasteiger partial charge in [0.2, 0.25) is 0 Å². The highest BCUT2D eigenvalue weighted by Crippen LogP contribution is 2.19. The Bertz CT molecular complexity index is 532. The number of ether oxygens (including phenoxy) is 2. The van der Waals surface area contributed by atoms with Crippen LogP contribution in [-0.4, -0.2) is 12.6 Å². The lowest BCUT2D eigenvalue weighted by Gasteiger charge is -2.07. The molecule has 2 aromatic rings. The third-order valence-electron chi connectivity index (χ3n) is 2.81. The van der Waals surface area contributed by atoms with Crippen molar-refractivity contribution in [2.45, 2.75) is 19.8 Å². The van der Waals surface area contributed by atoms with Gasteiger partial charge >= 0.3 is 5.97 Å². The topological polar surface area (TPSA) is 35.5 Å². The molecule has 0 atom stereocenters. The first-order valence-corrected chi connectivity index (χ1v) is 6.79. The molecule has 0 unspecified atom stereocenters. The fourth-order valence-electron chi connectivity index (χ4n) is 1.68. The number of hydrogen-bond donors (Lipinski definition) is 0. The van der Waals surface area contributed by atoms with E-state index in [1.807, 2.05) is 18.2 Å². The standard InChI is InChI=1S/C17H18O3/c1-2-3-13-19-15-9-11-16(12-10-15)20-17(18)14-7-5-4-6-8-14/h4-12H,2-3,13H2,1H3. The van der Waals surface area contributed by atoms with Crippen LogP contribution < -0.4 is 9.47 Å². The summed E-state index contributed by atoms with van der Waals surface area (Å²) < 4.78 is 10.8. The SMILES string of the molecule is CCCCOc1ccc(OC(=O)c2ccccc2)cc1. The fraction of sp³-hybridized carbons (Fsp3) is 0.235. The molecule has 0 aliphatic carbocycles. The van der Waals surface area contributed by atoms with E-state index < -0.39 is 0 Å². The van der Waals surface area contributed by atoms with E-state index in [-0.39, 0.29) is 5.97 Å². The van der Waals surface area contributed by atoms with Crippen LogP contribution in [0.15, 0.2) is 54.6 Å². The molecule has 2 aromatic carbocycles. The third-order valence-corrected chi connectivity index (χ3v) is 2.81. The van der Waals surface area contributed by atoms with Gasteiger partial charge in [0.25, 0.3) is 0 Å². The van der Waals surface area contributed by atoms with Gasteiger partial charge in [0.1, 0.15) is 11.5 Å². The maximum Gasteiger partial charge on any atom is 0.343 e. The largest absolute Gasteiger partial charge is 0.494 e. The van der Waals surface area contributed by atoms with E-state index in [4.69, 9.17) is 9.47 Å². The lowest BCUT2D eigenvalue weighted by atomic mass is 10.2. The van der Waals surface area contributed by atoms with Crippen molar-refractivity contribution in [3.63, 3.8) is 0 Å². The van der Waals surface area contributed by atoms with Crippen LogP contribution >= 0.6 is 0 Å². The van der Waals surface area contributed by atoms with Crippen molar-refractivity contribution in [2.75, 3.05) is 6.61 Å². The predicted molar refractivity (Wildman–Crippen MR) is 78.2 cm³/mol. The van der Waals surface area contributed by atoms with Crippen LogP contribution in [0.2, 0.25) is 0 Å². The average molecular weight is 270 g/mol. The van der Waals surface area contributed by atoms with Crippen molar-refractivity contribution in [1.29, 1.82) is 0 Å². The zero-order chi connectivity index (χ0) is 14.2. The molecule has 0 spiro atoms. The number of esters is 1. The second kappa shape index (κ2) is 7.34. The molecular formula is C17H18O3. The molecule has 0 aliphatic heterocycles. The molecule has 3 nitrogen and oxygen atoms in total. The number of hydrogen-bond acceptors (Lipinski definition) is 3. The highest BCUT2D eigenvalue weighted by atomic mass is 16.5. The monoisotopic (exact) mass is 270 g/mol. The van der Waals surface area contributed by atoms with Gasteiger partial charge in [-0.25, -0.2) is 4.79 Å². The normalized spacial score (nSPS) is 10.1. The summed E-state index contributed by atoms with van der Waals surface area (Å²) in [6, 6.07) is 16.0. The molecule has 104 valence electrons. The molecule has 0 aromatic heterocycles. The Morgan fingerprint density at radius 1 is 0.950 bits per heavy atom. The number of carbonyl (C=O) groups excluding carboxylic acids is 1. The summed E-state index contributed by atoms with van der Waals surface area (Å²) in [4.78, 5) is 11.9. The number of benzene rings is 2. The van der Waals surface area contributed by atoms with Gasteiger partial charge in [-0.2, -0.15) is 0 Å². The van der Waals surface area contributed by atoms with Crippen LogP contribution in [0, 0.1) is 0 Å². The molecule has 0 amide bonds. The van der Waals surface area contributed by atoms with Crippen LogP contribution in [0.25, 0.3) is 0 Å². The summed E-state index contributed by atoms with van der Waals surface area (Å²) in [7, 11) is 0. The van der Waals surface area contributed by atoms with E-state index >= 15 is 0 Å². The number of carbonyl (C=O) groups is 1. The molecule has 0 aliphatic rings. The van der Waals surface area contributed by atoms with E-state index in [0.717, 1.165) is 18.6 Å². The molecule has 0 N–H and O–H groups in total.